The molecule has 29 heavy (non-hydrogen) atoms. The number of aryl methyl sites for hydroxylation is 1. The lowest BCUT2D eigenvalue weighted by molar-refractivity contribution is 0.304. The monoisotopic (exact) mass is 410 g/mol. The first kappa shape index (κ1) is 20.5. The Balaban J connectivity index is 1.67. The van der Waals surface area contributed by atoms with E-state index >= 15 is 0 Å². The molecule has 1 fully saturated rings. The topological polar surface area (TPSA) is 13.1 Å². The molecular weight excluding hydrogens is 379 g/mol. The summed E-state index contributed by atoms with van der Waals surface area (Å²) in [5.41, 5.74) is 2.36. The highest BCUT2D eigenvalue weighted by Gasteiger charge is 2.23. The largest absolute Gasteiger partial charge is 0.441 e. The van der Waals surface area contributed by atoms with Gasteiger partial charge in [0.25, 0.3) is 0 Å². The second-order valence-corrected chi connectivity index (χ2v) is 9.09. The maximum Gasteiger partial charge on any atom is 0.198 e. The van der Waals surface area contributed by atoms with Crippen LogP contribution >= 0.6 is 12.2 Å². The molecule has 3 heteroatoms. The number of hydrogen-bond acceptors (Lipinski definition) is 2. The molecule has 0 amide bonds. The summed E-state index contributed by atoms with van der Waals surface area (Å²) in [6, 6.07) is 10.4. The molecule has 0 saturated heterocycles. The number of rotatable bonds is 6. The highest BCUT2D eigenvalue weighted by molar-refractivity contribution is 7.71. The number of halogens is 1. The first-order valence-corrected chi connectivity index (χ1v) is 11.7. The summed E-state index contributed by atoms with van der Waals surface area (Å²) < 4.78 is 21.2. The summed E-state index contributed by atoms with van der Waals surface area (Å²) >= 11 is 5.54. The van der Waals surface area contributed by atoms with Crippen molar-refractivity contribution in [3.05, 3.63) is 52.0 Å². The van der Waals surface area contributed by atoms with Crippen LogP contribution in [0.1, 0.15) is 82.3 Å². The zero-order valence-corrected chi connectivity index (χ0v) is 18.4. The van der Waals surface area contributed by atoms with Gasteiger partial charge in [-0.2, -0.15) is 0 Å². The van der Waals surface area contributed by atoms with Crippen molar-refractivity contribution in [2.45, 2.75) is 77.6 Å². The van der Waals surface area contributed by atoms with Crippen LogP contribution in [0, 0.1) is 16.4 Å². The Kier molecular flexibility index (Phi) is 6.34. The van der Waals surface area contributed by atoms with E-state index in [-0.39, 0.29) is 5.82 Å². The van der Waals surface area contributed by atoms with E-state index in [1.807, 2.05) is 12.1 Å². The molecule has 0 bridgehead atoms. The minimum absolute atomic E-state index is 0.258. The van der Waals surface area contributed by atoms with Crippen LogP contribution in [0.15, 0.2) is 34.7 Å². The Bertz CT molecular complexity index is 1060. The number of benzene rings is 2. The Morgan fingerprint density at radius 3 is 2.45 bits per heavy atom. The van der Waals surface area contributed by atoms with Crippen molar-refractivity contribution in [3.63, 3.8) is 0 Å². The van der Waals surface area contributed by atoms with Crippen LogP contribution in [0.25, 0.3) is 21.7 Å². The van der Waals surface area contributed by atoms with Crippen molar-refractivity contribution in [1.82, 2.24) is 0 Å². The van der Waals surface area contributed by atoms with Crippen LogP contribution in [-0.4, -0.2) is 0 Å². The smallest absolute Gasteiger partial charge is 0.198 e. The summed E-state index contributed by atoms with van der Waals surface area (Å²) in [6.07, 6.45) is 10.8. The van der Waals surface area contributed by atoms with E-state index in [0.717, 1.165) is 28.5 Å². The van der Waals surface area contributed by atoms with Gasteiger partial charge >= 0.3 is 0 Å². The van der Waals surface area contributed by atoms with Gasteiger partial charge in [0.05, 0.1) is 0 Å². The van der Waals surface area contributed by atoms with Crippen molar-refractivity contribution in [1.29, 1.82) is 0 Å². The predicted octanol–water partition coefficient (Wildman–Crippen LogP) is 8.87. The van der Waals surface area contributed by atoms with Crippen molar-refractivity contribution in [2.75, 3.05) is 0 Å². The van der Waals surface area contributed by atoms with Gasteiger partial charge in [0.2, 0.25) is 0 Å². The Labute approximate surface area is 178 Å². The van der Waals surface area contributed by atoms with Crippen molar-refractivity contribution in [2.24, 2.45) is 5.92 Å². The van der Waals surface area contributed by atoms with Gasteiger partial charge < -0.3 is 4.42 Å². The SMILES string of the molecule is CCCCC1CCC(c2ccc3c(c2)c(=S)oc2c(F)c(CCC)ccc23)CC1. The van der Waals surface area contributed by atoms with Crippen LogP contribution in [0.2, 0.25) is 0 Å². The molecule has 1 aliphatic carbocycles. The van der Waals surface area contributed by atoms with Gasteiger partial charge in [-0.15, -0.1) is 0 Å². The van der Waals surface area contributed by atoms with E-state index in [9.17, 15) is 4.39 Å². The van der Waals surface area contributed by atoms with Crippen LogP contribution in [-0.2, 0) is 6.42 Å². The number of hydrogen-bond donors (Lipinski definition) is 0. The second-order valence-electron chi connectivity index (χ2n) is 8.72. The first-order valence-electron chi connectivity index (χ1n) is 11.3. The van der Waals surface area contributed by atoms with Gasteiger partial charge in [-0.1, -0.05) is 63.8 Å². The van der Waals surface area contributed by atoms with E-state index in [4.69, 9.17) is 16.6 Å². The molecular formula is C26H31FOS. The molecule has 4 rings (SSSR count). The third kappa shape index (κ3) is 4.12. The van der Waals surface area contributed by atoms with Gasteiger partial charge in [0.1, 0.15) is 0 Å². The highest BCUT2D eigenvalue weighted by atomic mass is 32.1. The molecule has 1 aliphatic rings. The van der Waals surface area contributed by atoms with Crippen LogP contribution in [0.5, 0.6) is 0 Å². The lowest BCUT2D eigenvalue weighted by atomic mass is 9.77. The molecule has 1 heterocycles. The summed E-state index contributed by atoms with van der Waals surface area (Å²) in [5.74, 6) is 1.25. The number of unbranched alkanes of at least 4 members (excludes halogenated alkanes) is 1. The van der Waals surface area contributed by atoms with E-state index in [2.05, 4.69) is 32.0 Å². The fourth-order valence-electron chi connectivity index (χ4n) is 5.02. The van der Waals surface area contributed by atoms with Crippen LogP contribution in [0.3, 0.4) is 0 Å². The molecule has 0 unspecified atom stereocenters. The molecule has 0 N–H and O–H groups in total. The normalized spacial score (nSPS) is 19.8. The molecule has 0 spiro atoms. The summed E-state index contributed by atoms with van der Waals surface area (Å²) in [6.45, 7) is 4.33. The molecule has 3 aromatic rings. The summed E-state index contributed by atoms with van der Waals surface area (Å²) in [7, 11) is 0. The van der Waals surface area contributed by atoms with Crippen molar-refractivity contribution >= 4 is 34.0 Å². The molecule has 154 valence electrons. The lowest BCUT2D eigenvalue weighted by Gasteiger charge is -2.29. The molecule has 2 aromatic carbocycles. The Morgan fingerprint density at radius 1 is 0.966 bits per heavy atom. The summed E-state index contributed by atoms with van der Waals surface area (Å²) in [5, 5.41) is 2.76. The van der Waals surface area contributed by atoms with Crippen LogP contribution < -0.4 is 0 Å². The first-order chi connectivity index (χ1) is 14.1. The van der Waals surface area contributed by atoms with Gasteiger partial charge in [-0.25, -0.2) is 4.39 Å². The molecule has 1 aromatic heterocycles. The van der Waals surface area contributed by atoms with Gasteiger partial charge in [-0.3, -0.25) is 0 Å². The Hall–Kier alpha value is -1.74. The molecule has 1 saturated carbocycles. The Morgan fingerprint density at radius 2 is 1.72 bits per heavy atom. The van der Waals surface area contributed by atoms with E-state index < -0.39 is 0 Å². The minimum Gasteiger partial charge on any atom is -0.441 e. The van der Waals surface area contributed by atoms with E-state index in [1.165, 1.54) is 50.5 Å². The van der Waals surface area contributed by atoms with E-state index in [0.29, 0.717) is 28.2 Å². The predicted molar refractivity (Wildman–Crippen MR) is 123 cm³/mol. The second kappa shape index (κ2) is 8.95. The molecule has 0 radical (unpaired) electrons. The zero-order chi connectivity index (χ0) is 20.4. The van der Waals surface area contributed by atoms with Crippen molar-refractivity contribution in [3.8, 4) is 0 Å². The molecule has 0 aliphatic heterocycles. The van der Waals surface area contributed by atoms with Crippen LogP contribution in [0.4, 0.5) is 4.39 Å². The van der Waals surface area contributed by atoms with E-state index in [1.54, 1.807) is 0 Å². The quantitative estimate of drug-likeness (QED) is 0.297. The molecule has 1 nitrogen and oxygen atoms in total. The third-order valence-corrected chi connectivity index (χ3v) is 7.03. The standard InChI is InChI=1S/C26H31FOS/c1-3-5-7-17-8-10-18(11-9-17)20-13-14-21-22-15-12-19(6-4-2)24(27)25(22)28-26(29)23(21)16-20/h12-18H,3-11H2,1-2H3. The van der Waals surface area contributed by atoms with Gasteiger partial charge in [-0.05, 0) is 78.7 Å². The fraction of sp³-hybridized carbons (Fsp3) is 0.500. The highest BCUT2D eigenvalue weighted by Crippen LogP contribution is 2.39. The lowest BCUT2D eigenvalue weighted by Crippen LogP contribution is -2.13. The zero-order valence-electron chi connectivity index (χ0n) is 17.6. The van der Waals surface area contributed by atoms with Gasteiger partial charge in [0.15, 0.2) is 16.1 Å². The van der Waals surface area contributed by atoms with Crippen molar-refractivity contribution < 1.29 is 8.81 Å². The number of fused-ring (bicyclic) bond motifs is 3. The summed E-state index contributed by atoms with van der Waals surface area (Å²) in [4.78, 5) is 0. The maximum atomic E-state index is 14.9. The minimum atomic E-state index is -0.258. The maximum absolute atomic E-state index is 14.9. The molecule has 0 atom stereocenters. The van der Waals surface area contributed by atoms with Gasteiger partial charge in [0, 0.05) is 10.8 Å². The average Bonchev–Trinajstić information content (AvgIpc) is 2.75. The average molecular weight is 411 g/mol. The third-order valence-electron chi connectivity index (χ3n) is 6.73. The fourth-order valence-corrected chi connectivity index (χ4v) is 5.27.